The zero-order valence-corrected chi connectivity index (χ0v) is 8.07. The number of nitrogens with zero attached hydrogens (tertiary/aromatic N) is 2. The summed E-state index contributed by atoms with van der Waals surface area (Å²) in [6, 6.07) is 8.79. The molecule has 1 heterocycles. The highest BCUT2D eigenvalue weighted by molar-refractivity contribution is 5.75. The molecule has 2 heteroatoms. The molecule has 1 aromatic carbocycles. The molecule has 0 spiro atoms. The van der Waals surface area contributed by atoms with Gasteiger partial charge in [-0.1, -0.05) is 19.1 Å². The third-order valence-electron chi connectivity index (χ3n) is 2.55. The Labute approximate surface area is 78.2 Å². The molecule has 0 saturated heterocycles. The molecule has 1 atom stereocenters. The number of hydrogen-bond acceptors (Lipinski definition) is 1. The van der Waals surface area contributed by atoms with E-state index in [1.54, 1.807) is 0 Å². The summed E-state index contributed by atoms with van der Waals surface area (Å²) in [5.41, 5.74) is 2.32. The third-order valence-corrected chi connectivity index (χ3v) is 2.55. The minimum atomic E-state index is 0.535. The summed E-state index contributed by atoms with van der Waals surface area (Å²) in [4.78, 5) is 4.35. The molecule has 0 aliphatic rings. The predicted octanol–water partition coefficient (Wildman–Crippen LogP) is 3.01. The van der Waals surface area contributed by atoms with Gasteiger partial charge in [0.15, 0.2) is 0 Å². The van der Waals surface area contributed by atoms with E-state index in [1.165, 1.54) is 5.52 Å². The molecule has 68 valence electrons. The summed E-state index contributed by atoms with van der Waals surface area (Å²) in [6.07, 6.45) is 3.07. The van der Waals surface area contributed by atoms with Gasteiger partial charge in [-0.05, 0) is 25.5 Å². The summed E-state index contributed by atoms with van der Waals surface area (Å²) >= 11 is 0. The highest BCUT2D eigenvalue weighted by Crippen LogP contribution is 2.18. The topological polar surface area (TPSA) is 17.8 Å². The number of para-hydroxylation sites is 2. The van der Waals surface area contributed by atoms with Crippen molar-refractivity contribution < 1.29 is 0 Å². The standard InChI is InChI=1S/C11H14N2/c1-3-9(2)13-8-12-10-6-4-5-7-11(10)13/h4-9H,3H2,1-2H3/t9-/m0/s1. The Bertz CT molecular complexity index is 403. The van der Waals surface area contributed by atoms with Gasteiger partial charge >= 0.3 is 0 Å². The second kappa shape index (κ2) is 3.21. The van der Waals surface area contributed by atoms with Crippen molar-refractivity contribution in [3.05, 3.63) is 30.6 Å². The van der Waals surface area contributed by atoms with Crippen LogP contribution in [0.2, 0.25) is 0 Å². The molecule has 0 bridgehead atoms. The smallest absolute Gasteiger partial charge is 0.0960 e. The second-order valence-corrected chi connectivity index (χ2v) is 3.40. The average molecular weight is 174 g/mol. The molecule has 0 saturated carbocycles. The van der Waals surface area contributed by atoms with Crippen LogP contribution in [0.4, 0.5) is 0 Å². The molecule has 0 aliphatic carbocycles. The average Bonchev–Trinajstić information content (AvgIpc) is 2.60. The SMILES string of the molecule is CC[C@H](C)n1cnc2ccccc21. The van der Waals surface area contributed by atoms with Crippen LogP contribution in [0.5, 0.6) is 0 Å². The van der Waals surface area contributed by atoms with E-state index in [0.717, 1.165) is 11.9 Å². The number of rotatable bonds is 2. The lowest BCUT2D eigenvalue weighted by Gasteiger charge is -2.10. The Morgan fingerprint density at radius 3 is 2.92 bits per heavy atom. The minimum Gasteiger partial charge on any atom is -0.328 e. The van der Waals surface area contributed by atoms with Crippen molar-refractivity contribution in [3.8, 4) is 0 Å². The van der Waals surface area contributed by atoms with Gasteiger partial charge in [-0.15, -0.1) is 0 Å². The van der Waals surface area contributed by atoms with Gasteiger partial charge in [0.05, 0.1) is 17.4 Å². The summed E-state index contributed by atoms with van der Waals surface area (Å²) in [5.74, 6) is 0. The zero-order chi connectivity index (χ0) is 9.26. The lowest BCUT2D eigenvalue weighted by molar-refractivity contribution is 0.544. The van der Waals surface area contributed by atoms with E-state index in [0.29, 0.717) is 6.04 Å². The van der Waals surface area contributed by atoms with Gasteiger partial charge in [-0.2, -0.15) is 0 Å². The van der Waals surface area contributed by atoms with E-state index in [4.69, 9.17) is 0 Å². The van der Waals surface area contributed by atoms with Crippen LogP contribution in [-0.2, 0) is 0 Å². The molecule has 2 aromatic rings. The lowest BCUT2D eigenvalue weighted by Crippen LogP contribution is -2.01. The van der Waals surface area contributed by atoms with E-state index < -0.39 is 0 Å². The van der Waals surface area contributed by atoms with Crippen LogP contribution in [-0.4, -0.2) is 9.55 Å². The first-order valence-corrected chi connectivity index (χ1v) is 4.74. The van der Waals surface area contributed by atoms with Gasteiger partial charge in [0.1, 0.15) is 0 Å². The highest BCUT2D eigenvalue weighted by Gasteiger charge is 2.05. The fraction of sp³-hybridized carbons (Fsp3) is 0.364. The quantitative estimate of drug-likeness (QED) is 0.684. The van der Waals surface area contributed by atoms with Crippen LogP contribution in [0, 0.1) is 0 Å². The van der Waals surface area contributed by atoms with E-state index >= 15 is 0 Å². The maximum atomic E-state index is 4.35. The molecule has 0 fully saturated rings. The fourth-order valence-electron chi connectivity index (χ4n) is 1.53. The largest absolute Gasteiger partial charge is 0.328 e. The van der Waals surface area contributed by atoms with Crippen molar-refractivity contribution in [1.82, 2.24) is 9.55 Å². The Morgan fingerprint density at radius 2 is 2.15 bits per heavy atom. The van der Waals surface area contributed by atoms with Gasteiger partial charge in [0.25, 0.3) is 0 Å². The Balaban J connectivity index is 2.57. The molecule has 0 N–H and O–H groups in total. The molecule has 0 aliphatic heterocycles. The second-order valence-electron chi connectivity index (χ2n) is 3.40. The van der Waals surface area contributed by atoms with Crippen molar-refractivity contribution >= 4 is 11.0 Å². The van der Waals surface area contributed by atoms with Gasteiger partial charge in [-0.3, -0.25) is 0 Å². The van der Waals surface area contributed by atoms with Gasteiger partial charge in [-0.25, -0.2) is 4.98 Å². The first kappa shape index (κ1) is 8.30. The number of aromatic nitrogens is 2. The fourth-order valence-corrected chi connectivity index (χ4v) is 1.53. The van der Waals surface area contributed by atoms with Crippen molar-refractivity contribution in [3.63, 3.8) is 0 Å². The third kappa shape index (κ3) is 1.32. The van der Waals surface area contributed by atoms with Gasteiger partial charge in [0, 0.05) is 6.04 Å². The van der Waals surface area contributed by atoms with Crippen LogP contribution >= 0.6 is 0 Å². The van der Waals surface area contributed by atoms with Crippen LogP contribution in [0.3, 0.4) is 0 Å². The van der Waals surface area contributed by atoms with Crippen LogP contribution in [0.25, 0.3) is 11.0 Å². The van der Waals surface area contributed by atoms with Crippen molar-refractivity contribution in [1.29, 1.82) is 0 Å². The lowest BCUT2D eigenvalue weighted by atomic mass is 10.2. The van der Waals surface area contributed by atoms with Crippen molar-refractivity contribution in [2.75, 3.05) is 0 Å². The molecular weight excluding hydrogens is 160 g/mol. The van der Waals surface area contributed by atoms with Crippen molar-refractivity contribution in [2.45, 2.75) is 26.3 Å². The van der Waals surface area contributed by atoms with E-state index in [-0.39, 0.29) is 0 Å². The molecule has 13 heavy (non-hydrogen) atoms. The number of fused-ring (bicyclic) bond motifs is 1. The number of imidazole rings is 1. The minimum absolute atomic E-state index is 0.535. The normalized spacial score (nSPS) is 13.4. The van der Waals surface area contributed by atoms with Crippen LogP contribution < -0.4 is 0 Å². The molecule has 0 amide bonds. The first-order valence-electron chi connectivity index (χ1n) is 4.74. The van der Waals surface area contributed by atoms with Crippen LogP contribution in [0.15, 0.2) is 30.6 Å². The monoisotopic (exact) mass is 174 g/mol. The molecule has 0 radical (unpaired) electrons. The molecule has 0 unspecified atom stereocenters. The van der Waals surface area contributed by atoms with Crippen LogP contribution in [0.1, 0.15) is 26.3 Å². The summed E-state index contributed by atoms with van der Waals surface area (Å²) in [5, 5.41) is 0. The Hall–Kier alpha value is -1.31. The van der Waals surface area contributed by atoms with Gasteiger partial charge < -0.3 is 4.57 Å². The molecule has 2 rings (SSSR count). The highest BCUT2D eigenvalue weighted by atomic mass is 15.1. The molecular formula is C11H14N2. The van der Waals surface area contributed by atoms with E-state index in [9.17, 15) is 0 Å². The zero-order valence-electron chi connectivity index (χ0n) is 8.07. The number of benzene rings is 1. The molecule has 2 nitrogen and oxygen atoms in total. The maximum Gasteiger partial charge on any atom is 0.0960 e. The van der Waals surface area contributed by atoms with Crippen molar-refractivity contribution in [2.24, 2.45) is 0 Å². The Kier molecular flexibility index (Phi) is 2.05. The van der Waals surface area contributed by atoms with Gasteiger partial charge in [0.2, 0.25) is 0 Å². The summed E-state index contributed by atoms with van der Waals surface area (Å²) in [7, 11) is 0. The predicted molar refractivity (Wildman–Crippen MR) is 54.7 cm³/mol. The first-order chi connectivity index (χ1) is 6.33. The Morgan fingerprint density at radius 1 is 1.38 bits per heavy atom. The van der Waals surface area contributed by atoms with E-state index in [2.05, 4.69) is 35.5 Å². The summed E-state index contributed by atoms with van der Waals surface area (Å²) < 4.78 is 2.23. The van der Waals surface area contributed by atoms with E-state index in [1.807, 2.05) is 18.5 Å². The molecule has 1 aromatic heterocycles. The number of hydrogen-bond donors (Lipinski definition) is 0. The maximum absolute atomic E-state index is 4.35. The summed E-state index contributed by atoms with van der Waals surface area (Å²) in [6.45, 7) is 4.41.